The van der Waals surface area contributed by atoms with Gasteiger partial charge in [0.1, 0.15) is 12.1 Å². The molecule has 0 heterocycles. The van der Waals surface area contributed by atoms with E-state index >= 15 is 0 Å². The Morgan fingerprint density at radius 3 is 2.23 bits per heavy atom. The van der Waals surface area contributed by atoms with Crippen molar-refractivity contribution in [2.24, 2.45) is 0 Å². The van der Waals surface area contributed by atoms with E-state index in [9.17, 15) is 18.0 Å². The van der Waals surface area contributed by atoms with Crippen molar-refractivity contribution < 1.29 is 22.7 Å². The van der Waals surface area contributed by atoms with Crippen LogP contribution in [-0.2, 0) is 31.0 Å². The topological polar surface area (TPSA) is 89.5 Å². The molecule has 2 aromatic carbocycles. The molecular formula is C23H20NO5S. The number of hydrogen-bond donors (Lipinski definition) is 1. The van der Waals surface area contributed by atoms with Crippen LogP contribution in [0, 0.1) is 13.5 Å². The number of esters is 1. The molecule has 0 unspecified atom stereocenters. The Balaban J connectivity index is 1.86. The van der Waals surface area contributed by atoms with Crippen molar-refractivity contribution in [3.8, 4) is 0 Å². The summed E-state index contributed by atoms with van der Waals surface area (Å²) in [4.78, 5) is 24.2. The predicted molar refractivity (Wildman–Crippen MR) is 112 cm³/mol. The molecule has 0 saturated carbocycles. The van der Waals surface area contributed by atoms with Gasteiger partial charge in [-0.05, 0) is 43.4 Å². The summed E-state index contributed by atoms with van der Waals surface area (Å²) >= 11 is 0. The van der Waals surface area contributed by atoms with E-state index in [1.807, 2.05) is 13.0 Å². The third kappa shape index (κ3) is 4.82. The molecule has 0 atom stereocenters. The third-order valence-electron chi connectivity index (χ3n) is 4.53. The van der Waals surface area contributed by atoms with Gasteiger partial charge in [-0.1, -0.05) is 60.2 Å². The van der Waals surface area contributed by atoms with Crippen LogP contribution in [0.5, 0.6) is 0 Å². The van der Waals surface area contributed by atoms with Crippen molar-refractivity contribution in [3.05, 3.63) is 102 Å². The van der Waals surface area contributed by atoms with Gasteiger partial charge in [0.2, 0.25) is 10.0 Å². The fourth-order valence-corrected chi connectivity index (χ4v) is 4.11. The summed E-state index contributed by atoms with van der Waals surface area (Å²) in [5.74, 6) is -1.25. The number of sulfonamides is 1. The number of rotatable bonds is 7. The second-order valence-corrected chi connectivity index (χ2v) is 8.51. The molecule has 3 rings (SSSR count). The number of aryl methyl sites for hydroxylation is 1. The first-order valence-corrected chi connectivity index (χ1v) is 10.6. The molecule has 7 heteroatoms. The van der Waals surface area contributed by atoms with E-state index in [4.69, 9.17) is 11.3 Å². The van der Waals surface area contributed by atoms with Crippen LogP contribution in [0.15, 0.2) is 89.4 Å². The number of ether oxygens (including phenoxy) is 1. The lowest BCUT2D eigenvalue weighted by Crippen LogP contribution is -2.49. The summed E-state index contributed by atoms with van der Waals surface area (Å²) in [5, 5.41) is 0. The zero-order valence-electron chi connectivity index (χ0n) is 16.2. The molecule has 0 fully saturated rings. The van der Waals surface area contributed by atoms with Crippen LogP contribution in [0.3, 0.4) is 0 Å². The highest BCUT2D eigenvalue weighted by Crippen LogP contribution is 2.27. The quantitative estimate of drug-likeness (QED) is 0.547. The lowest BCUT2D eigenvalue weighted by molar-refractivity contribution is -0.140. The number of carbonyl (C=O) groups excluding carboxylic acids is 2. The molecule has 1 aliphatic carbocycles. The van der Waals surface area contributed by atoms with Crippen LogP contribution >= 0.6 is 0 Å². The van der Waals surface area contributed by atoms with Gasteiger partial charge in [-0.2, -0.15) is 4.72 Å². The Labute approximate surface area is 175 Å². The average Bonchev–Trinajstić information content (AvgIpc) is 2.74. The maximum absolute atomic E-state index is 12.9. The number of hydrogen-bond acceptors (Lipinski definition) is 5. The molecule has 0 amide bonds. The summed E-state index contributed by atoms with van der Waals surface area (Å²) < 4.78 is 33.5. The van der Waals surface area contributed by atoms with Crippen molar-refractivity contribution in [2.45, 2.75) is 24.0 Å². The number of allylic oxidation sites excluding steroid dienone is 2. The molecule has 1 aliphatic rings. The van der Waals surface area contributed by atoms with Crippen LogP contribution < -0.4 is 4.72 Å². The summed E-state index contributed by atoms with van der Waals surface area (Å²) in [6.07, 6.45) is 4.77. The van der Waals surface area contributed by atoms with Crippen LogP contribution in [0.4, 0.5) is 0 Å². The zero-order valence-corrected chi connectivity index (χ0v) is 17.1. The molecule has 153 valence electrons. The number of benzene rings is 2. The molecule has 2 aromatic rings. The monoisotopic (exact) mass is 422 g/mol. The lowest BCUT2D eigenvalue weighted by atomic mass is 9.87. The first-order chi connectivity index (χ1) is 14.2. The highest BCUT2D eigenvalue weighted by atomic mass is 32.2. The van der Waals surface area contributed by atoms with E-state index in [2.05, 4.69) is 4.72 Å². The van der Waals surface area contributed by atoms with Gasteiger partial charge in [0.15, 0.2) is 5.78 Å². The Morgan fingerprint density at radius 1 is 1.03 bits per heavy atom. The van der Waals surface area contributed by atoms with Crippen LogP contribution in [0.1, 0.15) is 11.1 Å². The van der Waals surface area contributed by atoms with Crippen LogP contribution in [0.2, 0.25) is 0 Å². The van der Waals surface area contributed by atoms with Gasteiger partial charge in [0.25, 0.3) is 0 Å². The molecule has 1 radical (unpaired) electrons. The van der Waals surface area contributed by atoms with Gasteiger partial charge in [-0.15, -0.1) is 0 Å². The standard InChI is InChI=1S/C23H20NO5S/c1-17-8-10-21(11-9-17)30(27,28)24-23(14-12-20(25)13-15-23)18(2)22(26)29-16-19-6-4-3-5-7-19/h2-15,24H,16H2,1H3. The van der Waals surface area contributed by atoms with Gasteiger partial charge in [0.05, 0.1) is 10.5 Å². The fraction of sp³-hybridized carbons (Fsp3) is 0.130. The van der Waals surface area contributed by atoms with Gasteiger partial charge in [-0.25, -0.2) is 13.2 Å². The highest BCUT2D eigenvalue weighted by Gasteiger charge is 2.39. The first-order valence-electron chi connectivity index (χ1n) is 9.09. The van der Waals surface area contributed by atoms with E-state index in [1.165, 1.54) is 24.3 Å². The second-order valence-electron chi connectivity index (χ2n) is 6.83. The molecule has 0 aliphatic heterocycles. The summed E-state index contributed by atoms with van der Waals surface area (Å²) in [7, 11) is -4.07. The summed E-state index contributed by atoms with van der Waals surface area (Å²) in [6, 6.07) is 15.2. The van der Waals surface area contributed by atoms with Crippen molar-refractivity contribution in [3.63, 3.8) is 0 Å². The minimum atomic E-state index is -4.07. The highest BCUT2D eigenvalue weighted by molar-refractivity contribution is 7.89. The molecule has 6 nitrogen and oxygen atoms in total. The summed E-state index contributed by atoms with van der Waals surface area (Å²) in [6.45, 7) is 7.84. The third-order valence-corrected chi connectivity index (χ3v) is 6.03. The minimum absolute atomic E-state index is 0.00312. The first kappa shape index (κ1) is 21.4. The Morgan fingerprint density at radius 2 is 1.63 bits per heavy atom. The molecule has 0 bridgehead atoms. The number of ketones is 1. The molecule has 1 N–H and O–H groups in total. The smallest absolute Gasteiger partial charge is 0.336 e. The molecular weight excluding hydrogens is 402 g/mol. The van der Waals surface area contributed by atoms with E-state index in [0.29, 0.717) is 0 Å². The molecule has 30 heavy (non-hydrogen) atoms. The van der Waals surface area contributed by atoms with E-state index in [0.717, 1.165) is 23.3 Å². The number of carbonyl (C=O) groups is 2. The lowest BCUT2D eigenvalue weighted by Gasteiger charge is -2.30. The average molecular weight is 422 g/mol. The molecule has 0 aromatic heterocycles. The van der Waals surface area contributed by atoms with Gasteiger partial charge < -0.3 is 4.74 Å². The second kappa shape index (κ2) is 8.61. The van der Waals surface area contributed by atoms with E-state index < -0.39 is 27.1 Å². The van der Waals surface area contributed by atoms with Crippen molar-refractivity contribution in [2.75, 3.05) is 0 Å². The van der Waals surface area contributed by atoms with E-state index in [-0.39, 0.29) is 17.3 Å². The van der Waals surface area contributed by atoms with E-state index in [1.54, 1.807) is 36.4 Å². The van der Waals surface area contributed by atoms with Crippen molar-refractivity contribution in [1.29, 1.82) is 0 Å². The summed E-state index contributed by atoms with van der Waals surface area (Å²) in [5.41, 5.74) is -0.500. The van der Waals surface area contributed by atoms with Crippen LogP contribution in [0.25, 0.3) is 0 Å². The minimum Gasteiger partial charge on any atom is -0.457 e. The maximum Gasteiger partial charge on any atom is 0.336 e. The Bertz CT molecular complexity index is 1110. The maximum atomic E-state index is 12.9. The predicted octanol–water partition coefficient (Wildman–Crippen LogP) is 2.81. The largest absolute Gasteiger partial charge is 0.457 e. The Hall–Kier alpha value is -3.29. The fourth-order valence-electron chi connectivity index (χ4n) is 2.81. The zero-order chi connectivity index (χ0) is 21.8. The van der Waals surface area contributed by atoms with Crippen LogP contribution in [-0.4, -0.2) is 25.7 Å². The van der Waals surface area contributed by atoms with Crippen molar-refractivity contribution in [1.82, 2.24) is 4.72 Å². The van der Waals surface area contributed by atoms with Gasteiger partial charge in [0, 0.05) is 0 Å². The van der Waals surface area contributed by atoms with Crippen molar-refractivity contribution >= 4 is 21.8 Å². The normalized spacial score (nSPS) is 15.0. The molecule has 0 saturated heterocycles. The van der Waals surface area contributed by atoms with Gasteiger partial charge in [-0.3, -0.25) is 4.79 Å². The molecule has 0 spiro atoms. The van der Waals surface area contributed by atoms with Gasteiger partial charge >= 0.3 is 5.97 Å². The Kier molecular flexibility index (Phi) is 6.14. The number of nitrogens with one attached hydrogen (secondary N) is 1. The SMILES string of the molecule is [CH]=C(C(=O)OCc1ccccc1)C1(NS(=O)(=O)c2ccc(C)cc2)C=CC(=O)C=C1.